The lowest BCUT2D eigenvalue weighted by atomic mass is 9.98. The van der Waals surface area contributed by atoms with Crippen molar-refractivity contribution in [3.05, 3.63) is 35.9 Å². The third-order valence-electron chi connectivity index (χ3n) is 4.97. The minimum absolute atomic E-state index is 0.475. The first-order chi connectivity index (χ1) is 9.84. The van der Waals surface area contributed by atoms with E-state index in [1.165, 1.54) is 31.2 Å². The van der Waals surface area contributed by atoms with Gasteiger partial charge in [0.2, 0.25) is 0 Å². The standard InChI is InChI=1S/C18H27NO/c1-14(9-10-19-13-16-8-5-11-20-16)17-12-18(17)15-6-3-2-4-7-15/h2-4,6-7,14,16-19H,5,8-13H2,1H3/t14?,16-,17-,18-/m0/s1. The predicted molar refractivity (Wildman–Crippen MR) is 82.9 cm³/mol. The lowest BCUT2D eigenvalue weighted by Gasteiger charge is -2.14. The van der Waals surface area contributed by atoms with Crippen LogP contribution in [0.3, 0.4) is 0 Å². The van der Waals surface area contributed by atoms with Gasteiger partial charge in [-0.3, -0.25) is 0 Å². The van der Waals surface area contributed by atoms with E-state index >= 15 is 0 Å². The van der Waals surface area contributed by atoms with Gasteiger partial charge in [-0.15, -0.1) is 0 Å². The zero-order valence-corrected chi connectivity index (χ0v) is 12.6. The van der Waals surface area contributed by atoms with Crippen LogP contribution in [0.4, 0.5) is 0 Å². The summed E-state index contributed by atoms with van der Waals surface area (Å²) in [6.07, 6.45) is 5.63. The van der Waals surface area contributed by atoms with E-state index in [0.717, 1.165) is 37.5 Å². The number of benzene rings is 1. The van der Waals surface area contributed by atoms with E-state index < -0.39 is 0 Å². The number of hydrogen-bond donors (Lipinski definition) is 1. The molecule has 2 fully saturated rings. The van der Waals surface area contributed by atoms with Crippen molar-refractivity contribution in [3.8, 4) is 0 Å². The second kappa shape index (κ2) is 6.73. The summed E-state index contributed by atoms with van der Waals surface area (Å²) in [5.74, 6) is 2.56. The Morgan fingerprint density at radius 2 is 2.15 bits per heavy atom. The molecule has 110 valence electrons. The average molecular weight is 273 g/mol. The molecule has 1 heterocycles. The molecule has 0 bridgehead atoms. The van der Waals surface area contributed by atoms with Gasteiger partial charge in [0.25, 0.3) is 0 Å². The summed E-state index contributed by atoms with van der Waals surface area (Å²) in [6.45, 7) is 5.56. The molecule has 1 N–H and O–H groups in total. The van der Waals surface area contributed by atoms with Gasteiger partial charge in [-0.1, -0.05) is 37.3 Å². The molecule has 0 spiro atoms. The number of rotatable bonds is 7. The third kappa shape index (κ3) is 3.62. The molecule has 1 aliphatic heterocycles. The molecule has 0 aromatic heterocycles. The predicted octanol–water partition coefficient (Wildman–Crippen LogP) is 3.58. The molecule has 3 rings (SSSR count). The Balaban J connectivity index is 1.33. The highest BCUT2D eigenvalue weighted by Crippen LogP contribution is 2.52. The van der Waals surface area contributed by atoms with Crippen LogP contribution in [0.25, 0.3) is 0 Å². The second-order valence-corrected chi connectivity index (χ2v) is 6.52. The largest absolute Gasteiger partial charge is 0.377 e. The fraction of sp³-hybridized carbons (Fsp3) is 0.667. The normalized spacial score (nSPS) is 30.4. The van der Waals surface area contributed by atoms with Crippen molar-refractivity contribution in [2.24, 2.45) is 11.8 Å². The second-order valence-electron chi connectivity index (χ2n) is 6.52. The van der Waals surface area contributed by atoms with Crippen LogP contribution >= 0.6 is 0 Å². The van der Waals surface area contributed by atoms with Gasteiger partial charge in [-0.2, -0.15) is 0 Å². The summed E-state index contributed by atoms with van der Waals surface area (Å²) < 4.78 is 5.63. The van der Waals surface area contributed by atoms with Crippen molar-refractivity contribution in [3.63, 3.8) is 0 Å². The van der Waals surface area contributed by atoms with Crippen molar-refractivity contribution in [1.29, 1.82) is 0 Å². The molecule has 0 radical (unpaired) electrons. The smallest absolute Gasteiger partial charge is 0.0700 e. The van der Waals surface area contributed by atoms with E-state index in [1.54, 1.807) is 0 Å². The van der Waals surface area contributed by atoms with E-state index in [1.807, 2.05) is 0 Å². The highest BCUT2D eigenvalue weighted by molar-refractivity contribution is 5.25. The van der Waals surface area contributed by atoms with Crippen molar-refractivity contribution in [2.45, 2.75) is 44.6 Å². The third-order valence-corrected chi connectivity index (χ3v) is 4.97. The summed E-state index contributed by atoms with van der Waals surface area (Å²) in [4.78, 5) is 0. The van der Waals surface area contributed by atoms with E-state index in [0.29, 0.717) is 6.10 Å². The molecule has 2 nitrogen and oxygen atoms in total. The molecule has 1 unspecified atom stereocenters. The zero-order valence-electron chi connectivity index (χ0n) is 12.6. The summed E-state index contributed by atoms with van der Waals surface area (Å²) in [7, 11) is 0. The van der Waals surface area contributed by atoms with Gasteiger partial charge in [0, 0.05) is 13.2 Å². The lowest BCUT2D eigenvalue weighted by Crippen LogP contribution is -2.28. The highest BCUT2D eigenvalue weighted by atomic mass is 16.5. The molecular weight excluding hydrogens is 246 g/mol. The monoisotopic (exact) mass is 273 g/mol. The molecule has 2 heteroatoms. The van der Waals surface area contributed by atoms with Crippen LogP contribution in [0, 0.1) is 11.8 Å². The summed E-state index contributed by atoms with van der Waals surface area (Å²) in [5, 5.41) is 3.57. The van der Waals surface area contributed by atoms with Gasteiger partial charge < -0.3 is 10.1 Å². The van der Waals surface area contributed by atoms with Crippen LogP contribution in [-0.4, -0.2) is 25.8 Å². The zero-order chi connectivity index (χ0) is 13.8. The van der Waals surface area contributed by atoms with E-state index in [9.17, 15) is 0 Å². The minimum Gasteiger partial charge on any atom is -0.377 e. The van der Waals surface area contributed by atoms with Crippen LogP contribution in [0.1, 0.15) is 44.1 Å². The first-order valence-corrected chi connectivity index (χ1v) is 8.22. The minimum atomic E-state index is 0.475. The highest BCUT2D eigenvalue weighted by Gasteiger charge is 2.41. The average Bonchev–Trinajstić information content (AvgIpc) is 3.13. The van der Waals surface area contributed by atoms with Gasteiger partial charge in [0.15, 0.2) is 0 Å². The van der Waals surface area contributed by atoms with E-state index in [-0.39, 0.29) is 0 Å². The van der Waals surface area contributed by atoms with E-state index in [2.05, 4.69) is 42.6 Å². The summed E-state index contributed by atoms with van der Waals surface area (Å²) >= 11 is 0. The molecule has 1 aliphatic carbocycles. The van der Waals surface area contributed by atoms with Gasteiger partial charge in [0.1, 0.15) is 0 Å². The van der Waals surface area contributed by atoms with E-state index in [4.69, 9.17) is 4.74 Å². The Hall–Kier alpha value is -0.860. The Morgan fingerprint density at radius 1 is 1.30 bits per heavy atom. The number of nitrogens with one attached hydrogen (secondary N) is 1. The first-order valence-electron chi connectivity index (χ1n) is 8.22. The Bertz CT molecular complexity index is 399. The molecule has 0 amide bonds. The SMILES string of the molecule is CC(CCNC[C@@H]1CCCO1)[C@@H]1C[C@H]1c1ccccc1. The molecule has 1 aromatic carbocycles. The molecule has 20 heavy (non-hydrogen) atoms. The topological polar surface area (TPSA) is 21.3 Å². The molecule has 1 aromatic rings. The molecule has 1 saturated heterocycles. The fourth-order valence-electron chi connectivity index (χ4n) is 3.54. The van der Waals surface area contributed by atoms with Gasteiger partial charge in [0.05, 0.1) is 6.10 Å². The lowest BCUT2D eigenvalue weighted by molar-refractivity contribution is 0.110. The van der Waals surface area contributed by atoms with Crippen LogP contribution < -0.4 is 5.32 Å². The van der Waals surface area contributed by atoms with Gasteiger partial charge >= 0.3 is 0 Å². The molecule has 2 aliphatic rings. The fourth-order valence-corrected chi connectivity index (χ4v) is 3.54. The number of ether oxygens (including phenoxy) is 1. The number of hydrogen-bond acceptors (Lipinski definition) is 2. The Labute approximate surface area is 122 Å². The Kier molecular flexibility index (Phi) is 4.74. The van der Waals surface area contributed by atoms with Crippen LogP contribution in [0.2, 0.25) is 0 Å². The quantitative estimate of drug-likeness (QED) is 0.767. The molecular formula is C18H27NO. The van der Waals surface area contributed by atoms with Crippen LogP contribution in [0.5, 0.6) is 0 Å². The molecule has 4 atom stereocenters. The van der Waals surface area contributed by atoms with Gasteiger partial charge in [-0.05, 0) is 55.5 Å². The van der Waals surface area contributed by atoms with Crippen molar-refractivity contribution < 1.29 is 4.74 Å². The summed E-state index contributed by atoms with van der Waals surface area (Å²) in [6, 6.07) is 11.0. The van der Waals surface area contributed by atoms with Crippen molar-refractivity contribution in [1.82, 2.24) is 5.32 Å². The van der Waals surface area contributed by atoms with Crippen LogP contribution in [0.15, 0.2) is 30.3 Å². The maximum Gasteiger partial charge on any atom is 0.0700 e. The Morgan fingerprint density at radius 3 is 2.90 bits per heavy atom. The maximum absolute atomic E-state index is 5.63. The van der Waals surface area contributed by atoms with Crippen molar-refractivity contribution >= 4 is 0 Å². The summed E-state index contributed by atoms with van der Waals surface area (Å²) in [5.41, 5.74) is 1.54. The van der Waals surface area contributed by atoms with Gasteiger partial charge in [-0.25, -0.2) is 0 Å². The van der Waals surface area contributed by atoms with Crippen molar-refractivity contribution in [2.75, 3.05) is 19.7 Å². The first kappa shape index (κ1) is 14.1. The maximum atomic E-state index is 5.63. The molecule has 1 saturated carbocycles. The van der Waals surface area contributed by atoms with Crippen LogP contribution in [-0.2, 0) is 4.74 Å².